The zero-order chi connectivity index (χ0) is 6.85. The molecule has 9 heavy (non-hydrogen) atoms. The van der Waals surface area contributed by atoms with E-state index >= 15 is 0 Å². The second-order valence-corrected chi connectivity index (χ2v) is 1.94. The van der Waals surface area contributed by atoms with Gasteiger partial charge in [0.25, 0.3) is 0 Å². The predicted molar refractivity (Wildman–Crippen MR) is 26.5 cm³/mol. The van der Waals surface area contributed by atoms with Gasteiger partial charge in [-0.1, -0.05) is 0 Å². The number of hydrogen-bond acceptors (Lipinski definition) is 4. The molecule has 0 aliphatic carbocycles. The van der Waals surface area contributed by atoms with Crippen molar-refractivity contribution >= 4 is 0 Å². The van der Waals surface area contributed by atoms with Crippen LogP contribution in [0.25, 0.3) is 0 Å². The molecule has 0 unspecified atom stereocenters. The van der Waals surface area contributed by atoms with Crippen LogP contribution >= 0.6 is 0 Å². The highest BCUT2D eigenvalue weighted by Crippen LogP contribution is 2.03. The Morgan fingerprint density at radius 1 is 1.00 bits per heavy atom. The van der Waals surface area contributed by atoms with E-state index in [0.717, 1.165) is 5.01 Å². The van der Waals surface area contributed by atoms with Crippen molar-refractivity contribution in [3.8, 4) is 0 Å². The smallest absolute Gasteiger partial charge is 0.113 e. The van der Waals surface area contributed by atoms with Crippen molar-refractivity contribution in [1.29, 1.82) is 0 Å². The van der Waals surface area contributed by atoms with Gasteiger partial charge < -0.3 is 0 Å². The summed E-state index contributed by atoms with van der Waals surface area (Å²) in [7, 11) is 0. The maximum atomic E-state index is 12.1. The third-order valence-electron chi connectivity index (χ3n) is 0.977. The first-order valence-electron chi connectivity index (χ1n) is 2.49. The minimum atomic E-state index is -0.326. The van der Waals surface area contributed by atoms with Crippen LogP contribution in [0.5, 0.6) is 0 Å². The van der Waals surface area contributed by atoms with Crippen molar-refractivity contribution in [2.24, 2.45) is 5.84 Å². The Labute approximate surface area is 51.3 Å². The van der Waals surface area contributed by atoms with Gasteiger partial charge in [-0.2, -0.15) is 0 Å². The highest BCUT2D eigenvalue weighted by molar-refractivity contribution is 4.50. The maximum Gasteiger partial charge on any atom is 0.113 e. The third-order valence-corrected chi connectivity index (χ3v) is 0.977. The molecular weight excluding hydrogens is 130 g/mol. The van der Waals surface area contributed by atoms with Crippen LogP contribution < -0.4 is 5.84 Å². The zero-order valence-corrected chi connectivity index (χ0v) is 4.80. The molecule has 0 aromatic rings. The lowest BCUT2D eigenvalue weighted by atomic mass is 10.7. The molecule has 1 rings (SSSR count). The average molecular weight is 138 g/mol. The average Bonchev–Trinajstić information content (AvgIpc) is 1.59. The Morgan fingerprint density at radius 3 is 1.78 bits per heavy atom. The Bertz CT molecular complexity index is 74.8. The first-order valence-corrected chi connectivity index (χ1v) is 2.49. The van der Waals surface area contributed by atoms with Crippen LogP contribution in [0.1, 0.15) is 0 Å². The van der Waals surface area contributed by atoms with E-state index in [4.69, 9.17) is 5.84 Å². The van der Waals surface area contributed by atoms with Crippen LogP contribution in [0.15, 0.2) is 0 Å². The van der Waals surface area contributed by atoms with Gasteiger partial charge in [-0.3, -0.25) is 5.84 Å². The van der Waals surface area contributed by atoms with Gasteiger partial charge in [0, 0.05) is 0 Å². The van der Waals surface area contributed by atoms with Crippen LogP contribution in [-0.2, 0) is 0 Å². The van der Waals surface area contributed by atoms with Crippen LogP contribution in [0, 0.1) is 0 Å². The molecule has 1 saturated heterocycles. The number of hydrazine groups is 1. The van der Waals surface area contributed by atoms with Gasteiger partial charge in [0.15, 0.2) is 0 Å². The quantitative estimate of drug-likeness (QED) is 0.359. The molecule has 6 heteroatoms. The van der Waals surface area contributed by atoms with Gasteiger partial charge in [0.05, 0.1) is 13.3 Å². The van der Waals surface area contributed by atoms with Crippen molar-refractivity contribution < 1.29 is 8.96 Å². The number of hydrogen-bond donors (Lipinski definition) is 1. The molecule has 0 atom stereocenters. The molecule has 54 valence electrons. The fourth-order valence-electron chi connectivity index (χ4n) is 0.695. The second kappa shape index (κ2) is 2.53. The first kappa shape index (κ1) is 6.81. The SMILES string of the molecule is NN1CN(F)CN(F)C1. The number of rotatable bonds is 0. The van der Waals surface area contributed by atoms with Crippen LogP contribution in [0.3, 0.4) is 0 Å². The predicted octanol–water partition coefficient (Wildman–Crippen LogP) is -0.579. The standard InChI is InChI=1S/C3H8F2N4/c4-7-1-8(5)3-9(6)2-7/h1-3,6H2. The number of halogens is 2. The van der Waals surface area contributed by atoms with Crippen LogP contribution in [-0.4, -0.2) is 35.3 Å². The lowest BCUT2D eigenvalue weighted by molar-refractivity contribution is -0.191. The van der Waals surface area contributed by atoms with Gasteiger partial charge >= 0.3 is 0 Å². The molecule has 0 aromatic heterocycles. The van der Waals surface area contributed by atoms with E-state index in [2.05, 4.69) is 0 Å². The van der Waals surface area contributed by atoms with E-state index < -0.39 is 0 Å². The minimum Gasteiger partial charge on any atom is -0.266 e. The van der Waals surface area contributed by atoms with Gasteiger partial charge in [0.2, 0.25) is 0 Å². The summed E-state index contributed by atoms with van der Waals surface area (Å²) in [5.41, 5.74) is 0. The molecule has 2 N–H and O–H groups in total. The van der Waals surface area contributed by atoms with E-state index in [9.17, 15) is 8.96 Å². The molecular formula is C3H8F2N4. The summed E-state index contributed by atoms with van der Waals surface area (Å²) in [5.74, 6) is 5.09. The lowest BCUT2D eigenvalue weighted by Crippen LogP contribution is -2.52. The summed E-state index contributed by atoms with van der Waals surface area (Å²) in [6.45, 7) is -0.408. The van der Waals surface area contributed by atoms with E-state index in [0.29, 0.717) is 0 Å². The molecule has 0 bridgehead atoms. The van der Waals surface area contributed by atoms with E-state index in [1.54, 1.807) is 0 Å². The molecule has 1 aliphatic rings. The van der Waals surface area contributed by atoms with Crippen molar-refractivity contribution in [1.82, 2.24) is 15.3 Å². The minimum absolute atomic E-state index is 0.0413. The summed E-state index contributed by atoms with van der Waals surface area (Å²) in [6.07, 6.45) is 0. The Morgan fingerprint density at radius 2 is 1.44 bits per heavy atom. The van der Waals surface area contributed by atoms with Crippen molar-refractivity contribution in [3.05, 3.63) is 0 Å². The fraction of sp³-hybridized carbons (Fsp3) is 1.00. The highest BCUT2D eigenvalue weighted by atomic mass is 19.2. The van der Waals surface area contributed by atoms with E-state index in [1.807, 2.05) is 0 Å². The summed E-state index contributed by atoms with van der Waals surface area (Å²) >= 11 is 0. The Kier molecular flexibility index (Phi) is 1.91. The molecule has 0 aromatic carbocycles. The van der Waals surface area contributed by atoms with E-state index in [1.165, 1.54) is 0 Å². The third kappa shape index (κ3) is 1.83. The summed E-state index contributed by atoms with van der Waals surface area (Å²) < 4.78 is 24.2. The number of nitrogens with two attached hydrogens (primary N) is 1. The Hall–Kier alpha value is -0.300. The van der Waals surface area contributed by atoms with Gasteiger partial charge in [-0.25, -0.2) is 5.01 Å². The molecule has 0 spiro atoms. The lowest BCUT2D eigenvalue weighted by Gasteiger charge is -2.29. The molecule has 0 radical (unpaired) electrons. The van der Waals surface area contributed by atoms with Crippen molar-refractivity contribution in [2.75, 3.05) is 20.0 Å². The van der Waals surface area contributed by atoms with Crippen LogP contribution in [0.2, 0.25) is 0 Å². The van der Waals surface area contributed by atoms with Crippen molar-refractivity contribution in [2.45, 2.75) is 0 Å². The fourth-order valence-corrected chi connectivity index (χ4v) is 0.695. The number of nitrogens with zero attached hydrogens (tertiary/aromatic N) is 3. The normalized spacial score (nSPS) is 27.0. The van der Waals surface area contributed by atoms with Crippen molar-refractivity contribution in [3.63, 3.8) is 0 Å². The Balaban J connectivity index is 2.34. The summed E-state index contributed by atoms with van der Waals surface area (Å²) in [5, 5.41) is 1.59. The largest absolute Gasteiger partial charge is 0.266 e. The topological polar surface area (TPSA) is 35.7 Å². The van der Waals surface area contributed by atoms with Gasteiger partial charge in [-0.05, 0) is 0 Å². The molecule has 0 amide bonds. The van der Waals surface area contributed by atoms with Gasteiger partial charge in [0.1, 0.15) is 6.67 Å². The highest BCUT2D eigenvalue weighted by Gasteiger charge is 2.20. The second-order valence-electron chi connectivity index (χ2n) is 1.94. The summed E-state index contributed by atoms with van der Waals surface area (Å²) in [6, 6.07) is 0. The molecule has 4 nitrogen and oxygen atoms in total. The monoisotopic (exact) mass is 138 g/mol. The van der Waals surface area contributed by atoms with Crippen LogP contribution in [0.4, 0.5) is 8.96 Å². The molecule has 1 fully saturated rings. The maximum absolute atomic E-state index is 12.1. The van der Waals surface area contributed by atoms with Gasteiger partial charge in [-0.15, -0.1) is 19.2 Å². The van der Waals surface area contributed by atoms with E-state index in [-0.39, 0.29) is 30.3 Å². The zero-order valence-electron chi connectivity index (χ0n) is 4.80. The first-order chi connectivity index (χ1) is 4.18. The summed E-state index contributed by atoms with van der Waals surface area (Å²) in [4.78, 5) is 0. The molecule has 1 heterocycles. The molecule has 1 aliphatic heterocycles. The molecule has 0 saturated carbocycles.